The molecule has 1 aliphatic heterocycles. The van der Waals surface area contributed by atoms with E-state index in [1.165, 1.54) is 17.5 Å². The van der Waals surface area contributed by atoms with E-state index in [0.717, 1.165) is 17.3 Å². The number of hydrogen-bond donors (Lipinski definition) is 1. The zero-order valence-electron chi connectivity index (χ0n) is 9.79. The van der Waals surface area contributed by atoms with E-state index in [1.807, 2.05) is 17.8 Å². The van der Waals surface area contributed by atoms with E-state index in [4.69, 9.17) is 11.6 Å². The van der Waals surface area contributed by atoms with E-state index in [0.29, 0.717) is 11.3 Å². The second-order valence-corrected chi connectivity index (χ2v) is 6.09. The molecule has 0 aliphatic carbocycles. The zero-order chi connectivity index (χ0) is 11.5. The van der Waals surface area contributed by atoms with Crippen molar-refractivity contribution in [2.45, 2.75) is 37.3 Å². The van der Waals surface area contributed by atoms with Gasteiger partial charge in [-0.3, -0.25) is 0 Å². The molecule has 16 heavy (non-hydrogen) atoms. The lowest BCUT2D eigenvalue weighted by Gasteiger charge is -2.32. The summed E-state index contributed by atoms with van der Waals surface area (Å²) in [6.07, 6.45) is 1.17. The van der Waals surface area contributed by atoms with Crippen LogP contribution in [-0.4, -0.2) is 11.8 Å². The number of halogens is 1. The SMILES string of the molecule is CCCNC1c2cc(Cl)ccc2CSC1C. The van der Waals surface area contributed by atoms with Crippen LogP contribution in [0.25, 0.3) is 0 Å². The molecule has 2 atom stereocenters. The average molecular weight is 256 g/mol. The Balaban J connectivity index is 2.27. The second kappa shape index (κ2) is 5.44. The van der Waals surface area contributed by atoms with Crippen LogP contribution >= 0.6 is 23.4 Å². The van der Waals surface area contributed by atoms with Crippen molar-refractivity contribution in [3.63, 3.8) is 0 Å². The Bertz CT molecular complexity index is 367. The molecule has 0 fully saturated rings. The van der Waals surface area contributed by atoms with Crippen molar-refractivity contribution < 1.29 is 0 Å². The van der Waals surface area contributed by atoms with Gasteiger partial charge in [-0.2, -0.15) is 11.8 Å². The van der Waals surface area contributed by atoms with Gasteiger partial charge in [-0.25, -0.2) is 0 Å². The minimum absolute atomic E-state index is 0.451. The van der Waals surface area contributed by atoms with E-state index >= 15 is 0 Å². The highest BCUT2D eigenvalue weighted by Gasteiger charge is 2.26. The number of benzene rings is 1. The molecule has 3 heteroatoms. The minimum Gasteiger partial charge on any atom is -0.309 e. The van der Waals surface area contributed by atoms with Crippen LogP contribution in [0.15, 0.2) is 18.2 Å². The molecule has 2 unspecified atom stereocenters. The summed E-state index contributed by atoms with van der Waals surface area (Å²) in [7, 11) is 0. The van der Waals surface area contributed by atoms with Crippen molar-refractivity contribution in [2.75, 3.05) is 6.54 Å². The van der Waals surface area contributed by atoms with E-state index in [1.54, 1.807) is 0 Å². The Morgan fingerprint density at radius 2 is 2.31 bits per heavy atom. The number of hydrogen-bond acceptors (Lipinski definition) is 2. The van der Waals surface area contributed by atoms with Crippen molar-refractivity contribution in [3.8, 4) is 0 Å². The standard InChI is InChI=1S/C13H18ClNS/c1-3-6-15-13-9(2)16-8-10-4-5-11(14)7-12(10)13/h4-5,7,9,13,15H,3,6,8H2,1-2H3. The van der Waals surface area contributed by atoms with E-state index in [2.05, 4.69) is 31.3 Å². The average Bonchev–Trinajstić information content (AvgIpc) is 2.28. The number of nitrogens with one attached hydrogen (secondary N) is 1. The normalized spacial score (nSPS) is 24.2. The van der Waals surface area contributed by atoms with Crippen LogP contribution in [0.5, 0.6) is 0 Å². The van der Waals surface area contributed by atoms with E-state index in [9.17, 15) is 0 Å². The van der Waals surface area contributed by atoms with Gasteiger partial charge < -0.3 is 5.32 Å². The molecule has 88 valence electrons. The van der Waals surface area contributed by atoms with Gasteiger partial charge in [-0.05, 0) is 36.2 Å². The van der Waals surface area contributed by atoms with Gasteiger partial charge in [-0.15, -0.1) is 0 Å². The molecule has 0 saturated carbocycles. The topological polar surface area (TPSA) is 12.0 Å². The predicted octanol–water partition coefficient (Wildman–Crippen LogP) is 4.02. The summed E-state index contributed by atoms with van der Waals surface area (Å²) in [5.41, 5.74) is 2.83. The summed E-state index contributed by atoms with van der Waals surface area (Å²) >= 11 is 8.11. The molecule has 1 aromatic carbocycles. The Morgan fingerprint density at radius 3 is 3.06 bits per heavy atom. The second-order valence-electron chi connectivity index (χ2n) is 4.29. The van der Waals surface area contributed by atoms with Crippen LogP contribution in [0.4, 0.5) is 0 Å². The molecule has 1 aliphatic rings. The molecule has 0 spiro atoms. The third kappa shape index (κ3) is 2.55. The maximum Gasteiger partial charge on any atom is 0.0441 e. The van der Waals surface area contributed by atoms with Gasteiger partial charge in [0.2, 0.25) is 0 Å². The maximum atomic E-state index is 6.09. The van der Waals surface area contributed by atoms with Crippen LogP contribution in [0, 0.1) is 0 Å². The fraction of sp³-hybridized carbons (Fsp3) is 0.538. The lowest BCUT2D eigenvalue weighted by Crippen LogP contribution is -2.32. The summed E-state index contributed by atoms with van der Waals surface area (Å²) in [5, 5.41) is 5.10. The quantitative estimate of drug-likeness (QED) is 0.876. The zero-order valence-corrected chi connectivity index (χ0v) is 11.4. The lowest BCUT2D eigenvalue weighted by atomic mass is 9.98. The first-order valence-corrected chi connectivity index (χ1v) is 7.28. The Kier molecular flexibility index (Phi) is 4.17. The van der Waals surface area contributed by atoms with Crippen molar-refractivity contribution in [1.29, 1.82) is 0 Å². The highest BCUT2D eigenvalue weighted by Crippen LogP contribution is 2.38. The fourth-order valence-electron chi connectivity index (χ4n) is 2.13. The third-order valence-electron chi connectivity index (χ3n) is 3.03. The van der Waals surface area contributed by atoms with E-state index < -0.39 is 0 Å². The van der Waals surface area contributed by atoms with Gasteiger partial charge in [0, 0.05) is 22.1 Å². The Labute approximate surface area is 107 Å². The first-order chi connectivity index (χ1) is 7.72. The Morgan fingerprint density at radius 1 is 1.50 bits per heavy atom. The predicted molar refractivity (Wildman–Crippen MR) is 73.2 cm³/mol. The smallest absolute Gasteiger partial charge is 0.0441 e. The van der Waals surface area contributed by atoms with Crippen LogP contribution < -0.4 is 5.32 Å². The third-order valence-corrected chi connectivity index (χ3v) is 4.54. The van der Waals surface area contributed by atoms with Gasteiger partial charge in [0.1, 0.15) is 0 Å². The summed E-state index contributed by atoms with van der Waals surface area (Å²) in [6, 6.07) is 6.73. The highest BCUT2D eigenvalue weighted by atomic mass is 35.5. The Hall–Kier alpha value is -0.180. The summed E-state index contributed by atoms with van der Waals surface area (Å²) in [5.74, 6) is 1.11. The highest BCUT2D eigenvalue weighted by molar-refractivity contribution is 7.99. The largest absolute Gasteiger partial charge is 0.309 e. The monoisotopic (exact) mass is 255 g/mol. The molecule has 0 saturated heterocycles. The van der Waals surface area contributed by atoms with Crippen molar-refractivity contribution in [1.82, 2.24) is 5.32 Å². The molecule has 1 aromatic rings. The van der Waals surface area contributed by atoms with Gasteiger partial charge in [0.05, 0.1) is 0 Å². The van der Waals surface area contributed by atoms with Crippen LogP contribution in [-0.2, 0) is 5.75 Å². The summed E-state index contributed by atoms with van der Waals surface area (Å²) in [4.78, 5) is 0. The van der Waals surface area contributed by atoms with Crippen molar-refractivity contribution >= 4 is 23.4 Å². The molecular formula is C13H18ClNS. The van der Waals surface area contributed by atoms with Crippen molar-refractivity contribution in [3.05, 3.63) is 34.3 Å². The molecule has 0 amide bonds. The van der Waals surface area contributed by atoms with Crippen molar-refractivity contribution in [2.24, 2.45) is 0 Å². The lowest BCUT2D eigenvalue weighted by molar-refractivity contribution is 0.521. The molecule has 2 rings (SSSR count). The molecule has 0 radical (unpaired) electrons. The van der Waals surface area contributed by atoms with Gasteiger partial charge in [0.25, 0.3) is 0 Å². The molecular weight excluding hydrogens is 238 g/mol. The number of thioether (sulfide) groups is 1. The minimum atomic E-state index is 0.451. The number of rotatable bonds is 3. The first kappa shape index (κ1) is 12.3. The first-order valence-electron chi connectivity index (χ1n) is 5.85. The molecule has 0 bridgehead atoms. The fourth-order valence-corrected chi connectivity index (χ4v) is 3.45. The van der Waals surface area contributed by atoms with Crippen LogP contribution in [0.1, 0.15) is 37.4 Å². The molecule has 0 aromatic heterocycles. The molecule has 1 N–H and O–H groups in total. The van der Waals surface area contributed by atoms with Gasteiger partial charge in [0.15, 0.2) is 0 Å². The van der Waals surface area contributed by atoms with Crippen LogP contribution in [0.2, 0.25) is 5.02 Å². The molecule has 1 nitrogen and oxygen atoms in total. The molecule has 1 heterocycles. The van der Waals surface area contributed by atoms with Gasteiger partial charge in [-0.1, -0.05) is 31.5 Å². The number of fused-ring (bicyclic) bond motifs is 1. The maximum absolute atomic E-state index is 6.09. The van der Waals surface area contributed by atoms with Crippen LogP contribution in [0.3, 0.4) is 0 Å². The van der Waals surface area contributed by atoms with E-state index in [-0.39, 0.29) is 0 Å². The van der Waals surface area contributed by atoms with Gasteiger partial charge >= 0.3 is 0 Å². The summed E-state index contributed by atoms with van der Waals surface area (Å²) < 4.78 is 0. The summed E-state index contributed by atoms with van der Waals surface area (Å²) in [6.45, 7) is 5.57.